The van der Waals surface area contributed by atoms with Crippen molar-refractivity contribution in [2.24, 2.45) is 7.05 Å². The van der Waals surface area contributed by atoms with Gasteiger partial charge in [0.05, 0.1) is 12.2 Å². The molecule has 0 fully saturated rings. The van der Waals surface area contributed by atoms with Crippen LogP contribution in [-0.2, 0) is 7.05 Å². The van der Waals surface area contributed by atoms with Crippen LogP contribution in [0.3, 0.4) is 0 Å². The first-order valence-electron chi connectivity index (χ1n) is 7.97. The molecule has 0 aliphatic rings. The molecule has 0 saturated heterocycles. The summed E-state index contributed by atoms with van der Waals surface area (Å²) < 4.78 is 7.21. The number of carbonyl (C=O) groups excluding carboxylic acids is 2. The topological polar surface area (TPSA) is 72.4 Å². The minimum Gasteiger partial charge on any atom is -0.494 e. The third-order valence-electron chi connectivity index (χ3n) is 3.86. The van der Waals surface area contributed by atoms with Gasteiger partial charge >= 0.3 is 0 Å². The molecule has 0 spiro atoms. The monoisotopic (exact) mass is 337 g/mol. The summed E-state index contributed by atoms with van der Waals surface area (Å²) in [4.78, 5) is 24.5. The molecular formula is C19H19N3O3. The molecule has 2 amide bonds. The molecule has 128 valence electrons. The second-order valence-electron chi connectivity index (χ2n) is 5.54. The number of hydrogen-bond donors (Lipinski definition) is 2. The van der Waals surface area contributed by atoms with E-state index in [1.807, 2.05) is 42.8 Å². The standard InChI is InChI=1S/C19H19N3O3/c1-3-25-14-10-8-13(9-11-14)18(23)20-21-19(24)16-12-22(2)17-7-5-4-6-15(16)17/h4-12H,3H2,1-2H3,(H,20,23)(H,21,24). The number of rotatable bonds is 4. The largest absolute Gasteiger partial charge is 0.494 e. The SMILES string of the molecule is CCOc1ccc(C(=O)NNC(=O)c2cn(C)c3ccccc23)cc1. The summed E-state index contributed by atoms with van der Waals surface area (Å²) in [5, 5.41) is 0.831. The zero-order chi connectivity index (χ0) is 17.8. The van der Waals surface area contributed by atoms with E-state index in [1.54, 1.807) is 30.5 Å². The van der Waals surface area contributed by atoms with Crippen LogP contribution in [0.2, 0.25) is 0 Å². The first-order chi connectivity index (χ1) is 12.1. The number of carbonyl (C=O) groups is 2. The molecule has 0 saturated carbocycles. The molecule has 2 N–H and O–H groups in total. The third-order valence-corrected chi connectivity index (χ3v) is 3.86. The molecular weight excluding hydrogens is 318 g/mol. The van der Waals surface area contributed by atoms with Crippen LogP contribution in [0.1, 0.15) is 27.6 Å². The fraction of sp³-hybridized carbons (Fsp3) is 0.158. The van der Waals surface area contributed by atoms with Gasteiger partial charge in [0.2, 0.25) is 0 Å². The van der Waals surface area contributed by atoms with Gasteiger partial charge in [-0.2, -0.15) is 0 Å². The maximum Gasteiger partial charge on any atom is 0.271 e. The molecule has 6 nitrogen and oxygen atoms in total. The maximum atomic E-state index is 12.4. The van der Waals surface area contributed by atoms with Crippen LogP contribution in [0.4, 0.5) is 0 Å². The van der Waals surface area contributed by atoms with Gasteiger partial charge < -0.3 is 9.30 Å². The Kier molecular flexibility index (Phi) is 4.70. The van der Waals surface area contributed by atoms with Gasteiger partial charge in [0, 0.05) is 29.7 Å². The Morgan fingerprint density at radius 1 is 1.00 bits per heavy atom. The maximum absolute atomic E-state index is 12.4. The molecule has 0 bridgehead atoms. The molecule has 25 heavy (non-hydrogen) atoms. The predicted octanol–water partition coefficient (Wildman–Crippen LogP) is 2.65. The number of fused-ring (bicyclic) bond motifs is 1. The summed E-state index contributed by atoms with van der Waals surface area (Å²) in [6.45, 7) is 2.45. The summed E-state index contributed by atoms with van der Waals surface area (Å²) in [7, 11) is 1.87. The molecule has 1 aromatic heterocycles. The second-order valence-corrected chi connectivity index (χ2v) is 5.54. The Morgan fingerprint density at radius 3 is 2.40 bits per heavy atom. The van der Waals surface area contributed by atoms with Crippen LogP contribution >= 0.6 is 0 Å². The summed E-state index contributed by atoms with van der Waals surface area (Å²) in [5.74, 6) is -0.0634. The molecule has 2 aromatic carbocycles. The highest BCUT2D eigenvalue weighted by molar-refractivity contribution is 6.07. The second kappa shape index (κ2) is 7.09. The molecule has 0 aliphatic carbocycles. The zero-order valence-corrected chi connectivity index (χ0v) is 14.1. The number of aromatic nitrogens is 1. The highest BCUT2D eigenvalue weighted by Gasteiger charge is 2.14. The molecule has 6 heteroatoms. The van der Waals surface area contributed by atoms with Crippen molar-refractivity contribution < 1.29 is 14.3 Å². The average molecular weight is 337 g/mol. The Labute approximate surface area is 145 Å². The van der Waals surface area contributed by atoms with Gasteiger partial charge in [-0.1, -0.05) is 18.2 Å². The Bertz CT molecular complexity index is 913. The smallest absolute Gasteiger partial charge is 0.271 e. The highest BCUT2D eigenvalue weighted by Crippen LogP contribution is 2.19. The van der Waals surface area contributed by atoms with E-state index in [2.05, 4.69) is 10.9 Å². The first-order valence-corrected chi connectivity index (χ1v) is 7.97. The summed E-state index contributed by atoms with van der Waals surface area (Å²) in [5.41, 5.74) is 6.78. The number of nitrogens with zero attached hydrogens (tertiary/aromatic N) is 1. The Balaban J connectivity index is 1.68. The van der Waals surface area contributed by atoms with Crippen molar-refractivity contribution in [3.63, 3.8) is 0 Å². The van der Waals surface area contributed by atoms with E-state index in [0.29, 0.717) is 23.5 Å². The fourth-order valence-corrected chi connectivity index (χ4v) is 2.64. The van der Waals surface area contributed by atoms with Crippen molar-refractivity contribution in [1.29, 1.82) is 0 Å². The predicted molar refractivity (Wildman–Crippen MR) is 95.5 cm³/mol. The molecule has 3 aromatic rings. The first kappa shape index (κ1) is 16.6. The van der Waals surface area contributed by atoms with E-state index in [-0.39, 0.29) is 5.91 Å². The van der Waals surface area contributed by atoms with E-state index in [1.165, 1.54) is 0 Å². The van der Waals surface area contributed by atoms with E-state index >= 15 is 0 Å². The lowest BCUT2D eigenvalue weighted by Gasteiger charge is -2.08. The summed E-state index contributed by atoms with van der Waals surface area (Å²) in [6, 6.07) is 14.3. The molecule has 0 aliphatic heterocycles. The van der Waals surface area contributed by atoms with Gasteiger partial charge in [-0.3, -0.25) is 20.4 Å². The summed E-state index contributed by atoms with van der Waals surface area (Å²) in [6.07, 6.45) is 1.74. The quantitative estimate of drug-likeness (QED) is 0.719. The third kappa shape index (κ3) is 3.47. The van der Waals surface area contributed by atoms with Gasteiger partial charge in [-0.15, -0.1) is 0 Å². The van der Waals surface area contributed by atoms with Gasteiger partial charge in [0.1, 0.15) is 5.75 Å². The minimum absolute atomic E-state index is 0.365. The van der Waals surface area contributed by atoms with Crippen LogP contribution in [-0.4, -0.2) is 23.0 Å². The van der Waals surface area contributed by atoms with E-state index in [9.17, 15) is 9.59 Å². The van der Waals surface area contributed by atoms with Gasteiger partial charge in [-0.25, -0.2) is 0 Å². The number of nitrogens with one attached hydrogen (secondary N) is 2. The Morgan fingerprint density at radius 2 is 1.68 bits per heavy atom. The van der Waals surface area contributed by atoms with Gasteiger partial charge in [0.15, 0.2) is 0 Å². The van der Waals surface area contributed by atoms with Crippen LogP contribution in [0.15, 0.2) is 54.7 Å². The number of hydrogen-bond acceptors (Lipinski definition) is 3. The van der Waals surface area contributed by atoms with E-state index < -0.39 is 5.91 Å². The van der Waals surface area contributed by atoms with Gasteiger partial charge in [-0.05, 0) is 37.3 Å². The minimum atomic E-state index is -0.392. The molecule has 3 rings (SSSR count). The van der Waals surface area contributed by atoms with Crippen molar-refractivity contribution in [3.05, 3.63) is 65.9 Å². The molecule has 0 unspecified atom stereocenters. The lowest BCUT2D eigenvalue weighted by atomic mass is 10.2. The summed E-state index contributed by atoms with van der Waals surface area (Å²) >= 11 is 0. The molecule has 0 atom stereocenters. The Hall–Kier alpha value is -3.28. The number of aryl methyl sites for hydroxylation is 1. The van der Waals surface area contributed by atoms with Crippen LogP contribution in [0, 0.1) is 0 Å². The fourth-order valence-electron chi connectivity index (χ4n) is 2.64. The van der Waals surface area contributed by atoms with Crippen molar-refractivity contribution in [3.8, 4) is 5.75 Å². The lowest BCUT2D eigenvalue weighted by Crippen LogP contribution is -2.41. The van der Waals surface area contributed by atoms with Crippen LogP contribution < -0.4 is 15.6 Å². The van der Waals surface area contributed by atoms with Crippen molar-refractivity contribution >= 4 is 22.7 Å². The van der Waals surface area contributed by atoms with Gasteiger partial charge in [0.25, 0.3) is 11.8 Å². The van der Waals surface area contributed by atoms with E-state index in [0.717, 1.165) is 10.9 Å². The van der Waals surface area contributed by atoms with Crippen molar-refractivity contribution in [1.82, 2.24) is 15.4 Å². The molecule has 1 heterocycles. The normalized spacial score (nSPS) is 10.5. The van der Waals surface area contributed by atoms with Crippen molar-refractivity contribution in [2.45, 2.75) is 6.92 Å². The van der Waals surface area contributed by atoms with E-state index in [4.69, 9.17) is 4.74 Å². The molecule has 0 radical (unpaired) electrons. The number of ether oxygens (including phenoxy) is 1. The van der Waals surface area contributed by atoms with Crippen LogP contribution in [0.25, 0.3) is 10.9 Å². The number of hydrazine groups is 1. The van der Waals surface area contributed by atoms with Crippen LogP contribution in [0.5, 0.6) is 5.75 Å². The zero-order valence-electron chi connectivity index (χ0n) is 14.1. The number of para-hydroxylation sites is 1. The number of amides is 2. The number of benzene rings is 2. The lowest BCUT2D eigenvalue weighted by molar-refractivity contribution is 0.0847. The van der Waals surface area contributed by atoms with Crippen molar-refractivity contribution in [2.75, 3.05) is 6.61 Å². The highest BCUT2D eigenvalue weighted by atomic mass is 16.5. The average Bonchev–Trinajstić information content (AvgIpc) is 2.98.